The van der Waals surface area contributed by atoms with E-state index in [1.165, 1.54) is 0 Å². The third-order valence-electron chi connectivity index (χ3n) is 2.17. The smallest absolute Gasteiger partial charge is 0.165 e. The van der Waals surface area contributed by atoms with Crippen LogP contribution in [0.15, 0.2) is 12.2 Å². The number of ether oxygens (including phenoxy) is 2. The summed E-state index contributed by atoms with van der Waals surface area (Å²) < 4.78 is 10.9. The minimum Gasteiger partial charge on any atom is -0.392 e. The lowest BCUT2D eigenvalue weighted by molar-refractivity contribution is -0.147. The Morgan fingerprint density at radius 3 is 2.62 bits per heavy atom. The molecule has 0 unspecified atom stereocenters. The number of aliphatic hydroxyl groups is 1. The van der Waals surface area contributed by atoms with Crippen molar-refractivity contribution in [2.24, 2.45) is 0 Å². The van der Waals surface area contributed by atoms with Crippen molar-refractivity contribution in [3.63, 3.8) is 0 Å². The zero-order valence-electron chi connectivity index (χ0n) is 8.16. The minimum absolute atomic E-state index is 0.129. The number of hydrogen-bond acceptors (Lipinski definition) is 3. The van der Waals surface area contributed by atoms with E-state index in [0.29, 0.717) is 13.2 Å². The van der Waals surface area contributed by atoms with Crippen molar-refractivity contribution in [2.45, 2.75) is 32.0 Å². The van der Waals surface area contributed by atoms with E-state index in [1.807, 2.05) is 13.0 Å². The Bertz CT molecular complexity index is 160. The molecule has 1 fully saturated rings. The van der Waals surface area contributed by atoms with Gasteiger partial charge in [0.1, 0.15) is 0 Å². The Balaban J connectivity index is 2.07. The fourth-order valence-corrected chi connectivity index (χ4v) is 1.43. The van der Waals surface area contributed by atoms with E-state index in [0.717, 1.165) is 19.3 Å². The molecule has 0 amide bonds. The highest BCUT2D eigenvalue weighted by Crippen LogP contribution is 2.24. The van der Waals surface area contributed by atoms with E-state index in [1.54, 1.807) is 6.08 Å². The molecule has 1 saturated heterocycles. The molecule has 0 bridgehead atoms. The highest BCUT2D eigenvalue weighted by Gasteiger charge is 2.29. The molecule has 1 aliphatic rings. The van der Waals surface area contributed by atoms with Crippen LogP contribution in [-0.4, -0.2) is 30.7 Å². The molecule has 0 aromatic rings. The number of rotatable bonds is 5. The fraction of sp³-hybridized carbons (Fsp3) is 0.800. The lowest BCUT2D eigenvalue weighted by Crippen LogP contribution is -2.24. The quantitative estimate of drug-likeness (QED) is 0.522. The maximum absolute atomic E-state index is 8.49. The van der Waals surface area contributed by atoms with Crippen LogP contribution in [0.5, 0.6) is 0 Å². The molecule has 1 N–H and O–H groups in total. The SMILES string of the molecule is CC1(CCC/C=C/CO)OCCO1. The van der Waals surface area contributed by atoms with Crippen LogP contribution in [0.1, 0.15) is 26.2 Å². The molecule has 0 aromatic heterocycles. The van der Waals surface area contributed by atoms with Crippen molar-refractivity contribution >= 4 is 0 Å². The fourth-order valence-electron chi connectivity index (χ4n) is 1.43. The lowest BCUT2D eigenvalue weighted by atomic mass is 10.1. The van der Waals surface area contributed by atoms with E-state index in [-0.39, 0.29) is 12.4 Å². The van der Waals surface area contributed by atoms with Crippen LogP contribution in [0, 0.1) is 0 Å². The second-order valence-corrected chi connectivity index (χ2v) is 3.38. The molecule has 0 atom stereocenters. The molecule has 1 heterocycles. The van der Waals surface area contributed by atoms with Gasteiger partial charge in [0, 0.05) is 6.42 Å². The van der Waals surface area contributed by atoms with E-state index in [2.05, 4.69) is 0 Å². The first-order chi connectivity index (χ1) is 6.27. The van der Waals surface area contributed by atoms with E-state index in [4.69, 9.17) is 14.6 Å². The first kappa shape index (κ1) is 10.7. The molecule has 0 aliphatic carbocycles. The number of hydrogen-bond donors (Lipinski definition) is 1. The van der Waals surface area contributed by atoms with Crippen molar-refractivity contribution in [3.8, 4) is 0 Å². The molecule has 3 heteroatoms. The van der Waals surface area contributed by atoms with Gasteiger partial charge >= 0.3 is 0 Å². The Kier molecular flexibility index (Phi) is 4.42. The minimum atomic E-state index is -0.354. The molecule has 13 heavy (non-hydrogen) atoms. The van der Waals surface area contributed by atoms with E-state index >= 15 is 0 Å². The van der Waals surface area contributed by atoms with Gasteiger partial charge in [-0.25, -0.2) is 0 Å². The molecule has 0 spiro atoms. The molecule has 1 rings (SSSR count). The summed E-state index contributed by atoms with van der Waals surface area (Å²) in [7, 11) is 0. The van der Waals surface area contributed by atoms with Crippen LogP contribution in [-0.2, 0) is 9.47 Å². The third kappa shape index (κ3) is 3.89. The topological polar surface area (TPSA) is 38.7 Å². The summed E-state index contributed by atoms with van der Waals surface area (Å²) in [6.07, 6.45) is 6.68. The molecular weight excluding hydrogens is 168 g/mol. The van der Waals surface area contributed by atoms with Crippen LogP contribution in [0.3, 0.4) is 0 Å². The number of aliphatic hydroxyl groups excluding tert-OH is 1. The van der Waals surface area contributed by atoms with Crippen molar-refractivity contribution < 1.29 is 14.6 Å². The summed E-state index contributed by atoms with van der Waals surface area (Å²) in [6.45, 7) is 3.53. The normalized spacial score (nSPS) is 21.4. The first-order valence-corrected chi connectivity index (χ1v) is 4.81. The van der Waals surface area contributed by atoms with Gasteiger partial charge in [-0.05, 0) is 19.8 Å². The zero-order valence-corrected chi connectivity index (χ0v) is 8.16. The number of allylic oxidation sites excluding steroid dienone is 1. The van der Waals surface area contributed by atoms with E-state index in [9.17, 15) is 0 Å². The predicted molar refractivity (Wildman–Crippen MR) is 50.4 cm³/mol. The summed E-state index contributed by atoms with van der Waals surface area (Å²) in [5.74, 6) is -0.354. The largest absolute Gasteiger partial charge is 0.392 e. The van der Waals surface area contributed by atoms with Crippen molar-refractivity contribution in [1.82, 2.24) is 0 Å². The monoisotopic (exact) mass is 186 g/mol. The molecule has 0 saturated carbocycles. The Hall–Kier alpha value is -0.380. The zero-order chi connectivity index (χ0) is 9.57. The lowest BCUT2D eigenvalue weighted by Gasteiger charge is -2.21. The Morgan fingerprint density at radius 2 is 2.00 bits per heavy atom. The molecule has 3 nitrogen and oxygen atoms in total. The summed E-state index contributed by atoms with van der Waals surface area (Å²) in [6, 6.07) is 0. The van der Waals surface area contributed by atoms with Gasteiger partial charge < -0.3 is 14.6 Å². The molecular formula is C10H18O3. The summed E-state index contributed by atoms with van der Waals surface area (Å²) in [5.41, 5.74) is 0. The van der Waals surface area contributed by atoms with Crippen molar-refractivity contribution in [1.29, 1.82) is 0 Å². The van der Waals surface area contributed by atoms with Crippen LogP contribution < -0.4 is 0 Å². The number of unbranched alkanes of at least 4 members (excludes halogenated alkanes) is 1. The van der Waals surface area contributed by atoms with Crippen LogP contribution in [0.25, 0.3) is 0 Å². The van der Waals surface area contributed by atoms with Crippen molar-refractivity contribution in [3.05, 3.63) is 12.2 Å². The van der Waals surface area contributed by atoms with Gasteiger partial charge in [-0.1, -0.05) is 12.2 Å². The maximum atomic E-state index is 8.49. The van der Waals surface area contributed by atoms with E-state index < -0.39 is 0 Å². The third-order valence-corrected chi connectivity index (χ3v) is 2.17. The maximum Gasteiger partial charge on any atom is 0.165 e. The Labute approximate surface area is 79.3 Å². The predicted octanol–water partition coefficient (Wildman–Crippen LogP) is 1.47. The van der Waals surface area contributed by atoms with Crippen molar-refractivity contribution in [2.75, 3.05) is 19.8 Å². The highest BCUT2D eigenvalue weighted by molar-refractivity contribution is 4.81. The second kappa shape index (κ2) is 5.37. The van der Waals surface area contributed by atoms with Gasteiger partial charge in [0.2, 0.25) is 0 Å². The summed E-state index contributed by atoms with van der Waals surface area (Å²) >= 11 is 0. The Morgan fingerprint density at radius 1 is 1.31 bits per heavy atom. The van der Waals surface area contributed by atoms with Gasteiger partial charge in [-0.15, -0.1) is 0 Å². The standard InChI is InChI=1S/C10H18O3/c1-10(12-8-9-13-10)6-4-2-3-5-7-11/h3,5,11H,2,4,6-9H2,1H3/b5-3+. The van der Waals surface area contributed by atoms with Crippen LogP contribution in [0.2, 0.25) is 0 Å². The second-order valence-electron chi connectivity index (χ2n) is 3.38. The van der Waals surface area contributed by atoms with Gasteiger partial charge in [-0.3, -0.25) is 0 Å². The van der Waals surface area contributed by atoms with Gasteiger partial charge in [-0.2, -0.15) is 0 Å². The molecule has 1 aliphatic heterocycles. The average Bonchev–Trinajstić information content (AvgIpc) is 2.53. The molecule has 0 radical (unpaired) electrons. The van der Waals surface area contributed by atoms with Gasteiger partial charge in [0.25, 0.3) is 0 Å². The van der Waals surface area contributed by atoms with Crippen LogP contribution in [0.4, 0.5) is 0 Å². The van der Waals surface area contributed by atoms with Gasteiger partial charge in [0.05, 0.1) is 19.8 Å². The highest BCUT2D eigenvalue weighted by atomic mass is 16.7. The summed E-state index contributed by atoms with van der Waals surface area (Å²) in [4.78, 5) is 0. The average molecular weight is 186 g/mol. The molecule has 0 aromatic carbocycles. The first-order valence-electron chi connectivity index (χ1n) is 4.81. The summed E-state index contributed by atoms with van der Waals surface area (Å²) in [5, 5.41) is 8.49. The molecule has 76 valence electrons. The van der Waals surface area contributed by atoms with Crippen LogP contribution >= 0.6 is 0 Å². The van der Waals surface area contributed by atoms with Gasteiger partial charge in [0.15, 0.2) is 5.79 Å².